The summed E-state index contributed by atoms with van der Waals surface area (Å²) in [6, 6.07) is -1.16. The molecule has 1 saturated heterocycles. The van der Waals surface area contributed by atoms with Gasteiger partial charge in [-0.05, 0) is 18.8 Å². The number of ether oxygens (including phenoxy) is 2. The molecule has 1 rings (SSSR count). The molecule has 1 fully saturated rings. The van der Waals surface area contributed by atoms with E-state index < -0.39 is 74.2 Å². The van der Waals surface area contributed by atoms with Crippen molar-refractivity contribution in [3.05, 3.63) is 0 Å². The predicted octanol–water partition coefficient (Wildman–Crippen LogP) is 8.14. The first kappa shape index (κ1) is 55.1. The third-order valence-corrected chi connectivity index (χ3v) is 12.1. The number of amides is 1. The molecule has 0 aromatic heterocycles. The van der Waals surface area contributed by atoms with E-state index in [9.17, 15) is 40.5 Å². The lowest BCUT2D eigenvalue weighted by Crippen LogP contribution is -2.60. The van der Waals surface area contributed by atoms with Gasteiger partial charge < -0.3 is 50.5 Å². The molecule has 1 amide bonds. The van der Waals surface area contributed by atoms with Gasteiger partial charge in [0.05, 0.1) is 25.4 Å². The van der Waals surface area contributed by atoms with E-state index in [1.807, 2.05) is 0 Å². The summed E-state index contributed by atoms with van der Waals surface area (Å²) in [5.41, 5.74) is 0. The molecule has 11 heteroatoms. The van der Waals surface area contributed by atoms with Gasteiger partial charge in [0.25, 0.3) is 0 Å². The third-order valence-electron chi connectivity index (χ3n) is 12.1. The van der Waals surface area contributed by atoms with Gasteiger partial charge in [-0.1, -0.05) is 207 Å². The number of hydrogen-bond acceptors (Lipinski definition) is 10. The molecule has 0 spiro atoms. The van der Waals surface area contributed by atoms with Crippen molar-refractivity contribution < 1.29 is 50.0 Å². The molecule has 0 saturated carbocycles. The molecule has 0 aromatic carbocycles. The zero-order valence-electron chi connectivity index (χ0n) is 37.5. The highest BCUT2D eigenvalue weighted by molar-refractivity contribution is 5.80. The lowest BCUT2D eigenvalue weighted by molar-refractivity contribution is -0.303. The molecule has 0 bridgehead atoms. The Kier molecular flexibility index (Phi) is 34.9. The van der Waals surface area contributed by atoms with E-state index in [0.717, 1.165) is 44.4 Å². The van der Waals surface area contributed by atoms with Gasteiger partial charge in [-0.15, -0.1) is 0 Å². The van der Waals surface area contributed by atoms with Crippen LogP contribution in [0.1, 0.15) is 220 Å². The smallest absolute Gasteiger partial charge is 0.249 e. The second-order valence-electron chi connectivity index (χ2n) is 18.0. The Labute approximate surface area is 354 Å². The summed E-state index contributed by atoms with van der Waals surface area (Å²) < 4.78 is 11.1. The third kappa shape index (κ3) is 27.1. The van der Waals surface area contributed by atoms with Crippen molar-refractivity contribution in [1.29, 1.82) is 0 Å². The number of hydrogen-bond donors (Lipinski definition) is 8. The SMILES string of the molecule is CCCCCCCCCCCCCCCCCCCC[C@@H](O)C(=O)N[C@@H](CO[C@@H]1O[C@H](CO)[C@@H](O)[C@H](O)[C@H]1O)[C@H](O)[C@H](O)CCCCCCCCCCCCC(C)C. The predicted molar refractivity (Wildman–Crippen MR) is 233 cm³/mol. The largest absolute Gasteiger partial charge is 0.394 e. The maximum absolute atomic E-state index is 13.1. The van der Waals surface area contributed by atoms with Crippen LogP contribution in [0.25, 0.3) is 0 Å². The number of unbranched alkanes of at least 4 members (excludes halogenated alkanes) is 26. The maximum atomic E-state index is 13.1. The Morgan fingerprint density at radius 3 is 1.38 bits per heavy atom. The first-order valence-corrected chi connectivity index (χ1v) is 24.3. The highest BCUT2D eigenvalue weighted by atomic mass is 16.7. The van der Waals surface area contributed by atoms with Crippen LogP contribution in [0, 0.1) is 5.92 Å². The van der Waals surface area contributed by atoms with Crippen molar-refractivity contribution in [3.63, 3.8) is 0 Å². The number of carbonyl (C=O) groups excluding carboxylic acids is 1. The molecule has 58 heavy (non-hydrogen) atoms. The lowest BCUT2D eigenvalue weighted by atomic mass is 9.98. The van der Waals surface area contributed by atoms with Gasteiger partial charge in [-0.25, -0.2) is 0 Å². The number of aliphatic hydroxyl groups is 7. The Balaban J connectivity index is 2.41. The lowest BCUT2D eigenvalue weighted by Gasteiger charge is -2.40. The average molecular weight is 832 g/mol. The molecule has 0 aliphatic carbocycles. The first-order valence-electron chi connectivity index (χ1n) is 24.3. The fourth-order valence-corrected chi connectivity index (χ4v) is 8.04. The summed E-state index contributed by atoms with van der Waals surface area (Å²) >= 11 is 0. The van der Waals surface area contributed by atoms with E-state index in [-0.39, 0.29) is 6.42 Å². The minimum atomic E-state index is -1.66. The number of rotatable bonds is 40. The van der Waals surface area contributed by atoms with Crippen LogP contribution in [-0.2, 0) is 14.3 Å². The van der Waals surface area contributed by atoms with Crippen LogP contribution >= 0.6 is 0 Å². The van der Waals surface area contributed by atoms with Crippen molar-refractivity contribution in [2.75, 3.05) is 13.2 Å². The summed E-state index contributed by atoms with van der Waals surface area (Å²) in [6.45, 7) is 5.76. The molecule has 1 aliphatic heterocycles. The van der Waals surface area contributed by atoms with Crippen molar-refractivity contribution in [3.8, 4) is 0 Å². The van der Waals surface area contributed by atoms with Crippen LogP contribution in [0.15, 0.2) is 0 Å². The molecule has 0 unspecified atom stereocenters. The fourth-order valence-electron chi connectivity index (χ4n) is 8.04. The Bertz CT molecular complexity index is 926. The van der Waals surface area contributed by atoms with E-state index in [1.165, 1.54) is 135 Å². The maximum Gasteiger partial charge on any atom is 0.249 e. The number of aliphatic hydroxyl groups excluding tert-OH is 7. The minimum absolute atomic E-state index is 0.266. The summed E-state index contributed by atoms with van der Waals surface area (Å²) in [6.07, 6.45) is 24.4. The molecule has 1 heterocycles. The summed E-state index contributed by atoms with van der Waals surface area (Å²) in [7, 11) is 0. The Hall–Kier alpha value is -0.890. The van der Waals surface area contributed by atoms with Crippen LogP contribution in [0.2, 0.25) is 0 Å². The minimum Gasteiger partial charge on any atom is -0.394 e. The quantitative estimate of drug-likeness (QED) is 0.0280. The van der Waals surface area contributed by atoms with E-state index in [2.05, 4.69) is 26.1 Å². The molecular weight excluding hydrogens is 739 g/mol. The number of carbonyl (C=O) groups is 1. The van der Waals surface area contributed by atoms with Gasteiger partial charge in [0.2, 0.25) is 5.91 Å². The van der Waals surface area contributed by atoms with Crippen molar-refractivity contribution in [1.82, 2.24) is 5.32 Å². The topological polar surface area (TPSA) is 189 Å². The van der Waals surface area contributed by atoms with E-state index in [4.69, 9.17) is 9.47 Å². The summed E-state index contributed by atoms with van der Waals surface area (Å²) in [4.78, 5) is 13.1. The molecule has 0 radical (unpaired) electrons. The zero-order chi connectivity index (χ0) is 42.8. The van der Waals surface area contributed by atoms with Gasteiger partial charge in [0, 0.05) is 0 Å². The van der Waals surface area contributed by atoms with E-state index >= 15 is 0 Å². The van der Waals surface area contributed by atoms with Gasteiger partial charge in [0.15, 0.2) is 6.29 Å². The molecule has 11 nitrogen and oxygen atoms in total. The van der Waals surface area contributed by atoms with Gasteiger partial charge in [0.1, 0.15) is 36.6 Å². The van der Waals surface area contributed by atoms with Crippen LogP contribution in [0.3, 0.4) is 0 Å². The number of nitrogens with one attached hydrogen (secondary N) is 1. The molecular formula is C47H93NO10. The molecule has 1 aliphatic rings. The first-order chi connectivity index (χ1) is 28.0. The Morgan fingerprint density at radius 1 is 0.569 bits per heavy atom. The van der Waals surface area contributed by atoms with Gasteiger partial charge >= 0.3 is 0 Å². The van der Waals surface area contributed by atoms with E-state index in [0.29, 0.717) is 19.3 Å². The molecule has 8 N–H and O–H groups in total. The van der Waals surface area contributed by atoms with Crippen LogP contribution < -0.4 is 5.32 Å². The fraction of sp³-hybridized carbons (Fsp3) is 0.979. The zero-order valence-corrected chi connectivity index (χ0v) is 37.5. The van der Waals surface area contributed by atoms with Crippen LogP contribution in [0.5, 0.6) is 0 Å². The highest BCUT2D eigenvalue weighted by Gasteiger charge is 2.44. The standard InChI is InChI=1S/C47H93NO10/c1-4-5-6-7-8-9-10-11-12-13-14-15-16-17-22-25-28-31-34-40(51)46(56)48-38(36-57-47-45(55)44(54)43(53)41(35-49)58-47)42(52)39(50)33-30-27-24-21-19-18-20-23-26-29-32-37(2)3/h37-45,47,49-55H,4-36H2,1-3H3,(H,48,56)/t38-,39+,40+,41+,42-,43+,44-,45+,47+/m0/s1. The molecule has 9 atom stereocenters. The summed E-state index contributed by atoms with van der Waals surface area (Å²) in [5, 5.41) is 75.7. The van der Waals surface area contributed by atoms with E-state index in [1.54, 1.807) is 0 Å². The van der Waals surface area contributed by atoms with Gasteiger partial charge in [-0.3, -0.25) is 4.79 Å². The highest BCUT2D eigenvalue weighted by Crippen LogP contribution is 2.23. The second kappa shape index (κ2) is 36.7. The summed E-state index contributed by atoms with van der Waals surface area (Å²) in [5.74, 6) is 0.0840. The second-order valence-corrected chi connectivity index (χ2v) is 18.0. The molecule has 346 valence electrons. The van der Waals surface area contributed by atoms with Crippen LogP contribution in [-0.4, -0.2) is 110 Å². The van der Waals surface area contributed by atoms with Crippen LogP contribution in [0.4, 0.5) is 0 Å². The average Bonchev–Trinajstić information content (AvgIpc) is 3.21. The van der Waals surface area contributed by atoms with Crippen molar-refractivity contribution in [2.24, 2.45) is 5.92 Å². The van der Waals surface area contributed by atoms with Crippen molar-refractivity contribution >= 4 is 5.91 Å². The van der Waals surface area contributed by atoms with Crippen molar-refractivity contribution in [2.45, 2.75) is 275 Å². The van der Waals surface area contributed by atoms with Gasteiger partial charge in [-0.2, -0.15) is 0 Å². The monoisotopic (exact) mass is 832 g/mol. The molecule has 0 aromatic rings. The Morgan fingerprint density at radius 2 is 0.966 bits per heavy atom. The normalized spacial score (nSPS) is 21.9.